The third kappa shape index (κ3) is 6.99. The average Bonchev–Trinajstić information content (AvgIpc) is 2.49. The van der Waals surface area contributed by atoms with Crippen molar-refractivity contribution in [3.8, 4) is 11.5 Å². The van der Waals surface area contributed by atoms with Crippen molar-refractivity contribution in [3.63, 3.8) is 0 Å². The monoisotopic (exact) mass is 421 g/mol. The van der Waals surface area contributed by atoms with E-state index in [-0.39, 0.29) is 36.5 Å². The van der Waals surface area contributed by atoms with Gasteiger partial charge in [0.25, 0.3) is 0 Å². The number of methoxy groups -OCH3 is 2. The molecule has 7 heteroatoms. The Morgan fingerprint density at radius 1 is 1.32 bits per heavy atom. The van der Waals surface area contributed by atoms with Crippen LogP contribution in [0.5, 0.6) is 11.5 Å². The van der Waals surface area contributed by atoms with E-state index in [0.717, 1.165) is 5.57 Å². The summed E-state index contributed by atoms with van der Waals surface area (Å²) in [5.41, 5.74) is 7.30. The fourth-order valence-corrected chi connectivity index (χ4v) is 1.61. The highest BCUT2D eigenvalue weighted by molar-refractivity contribution is 14.0. The van der Waals surface area contributed by atoms with Gasteiger partial charge in [0.1, 0.15) is 11.5 Å². The van der Waals surface area contributed by atoms with E-state index in [4.69, 9.17) is 15.2 Å². The third-order valence-corrected chi connectivity index (χ3v) is 2.76. The number of hydrogen-bond donors (Lipinski definition) is 3. The largest absolute Gasteiger partial charge is 0.497 e. The zero-order valence-corrected chi connectivity index (χ0v) is 15.5. The van der Waals surface area contributed by atoms with E-state index in [0.29, 0.717) is 23.6 Å². The predicted octanol–water partition coefficient (Wildman–Crippen LogP) is 1.84. The van der Waals surface area contributed by atoms with Crippen LogP contribution in [0.1, 0.15) is 18.6 Å². The van der Waals surface area contributed by atoms with E-state index in [1.165, 1.54) is 0 Å². The van der Waals surface area contributed by atoms with Gasteiger partial charge in [0.05, 0.1) is 26.9 Å². The van der Waals surface area contributed by atoms with Crippen molar-refractivity contribution in [3.05, 3.63) is 35.9 Å². The molecule has 1 rings (SSSR count). The molecule has 124 valence electrons. The number of nitrogens with two attached hydrogens (primary N) is 1. The minimum atomic E-state index is -0.792. The van der Waals surface area contributed by atoms with Gasteiger partial charge in [-0.2, -0.15) is 0 Å². The van der Waals surface area contributed by atoms with Crippen LogP contribution in [-0.2, 0) is 0 Å². The van der Waals surface area contributed by atoms with Crippen LogP contribution >= 0.6 is 24.0 Å². The second kappa shape index (κ2) is 10.3. The minimum absolute atomic E-state index is 0. The predicted molar refractivity (Wildman–Crippen MR) is 99.2 cm³/mol. The van der Waals surface area contributed by atoms with E-state index < -0.39 is 6.10 Å². The van der Waals surface area contributed by atoms with E-state index >= 15 is 0 Å². The smallest absolute Gasteiger partial charge is 0.188 e. The molecule has 0 amide bonds. The molecule has 1 atom stereocenters. The Kier molecular flexibility index (Phi) is 9.59. The normalized spacial score (nSPS) is 12.1. The molecule has 0 aliphatic heterocycles. The molecule has 1 aromatic carbocycles. The molecule has 0 aromatic heterocycles. The Labute approximate surface area is 148 Å². The number of ether oxygens (including phenoxy) is 2. The number of guanidine groups is 1. The van der Waals surface area contributed by atoms with Crippen LogP contribution < -0.4 is 20.5 Å². The molecule has 0 fully saturated rings. The molecule has 0 aliphatic rings. The highest BCUT2D eigenvalue weighted by Gasteiger charge is 2.10. The molecule has 0 bridgehead atoms. The first-order chi connectivity index (χ1) is 9.96. The molecule has 0 heterocycles. The summed E-state index contributed by atoms with van der Waals surface area (Å²) in [4.78, 5) is 4.09. The summed E-state index contributed by atoms with van der Waals surface area (Å²) in [7, 11) is 3.12. The number of nitrogens with zero attached hydrogens (tertiary/aromatic N) is 1. The lowest BCUT2D eigenvalue weighted by atomic mass is 10.1. The Bertz CT molecular complexity index is 499. The highest BCUT2D eigenvalue weighted by Crippen LogP contribution is 2.26. The Morgan fingerprint density at radius 2 is 1.86 bits per heavy atom. The summed E-state index contributed by atoms with van der Waals surface area (Å²) < 4.78 is 10.3. The summed E-state index contributed by atoms with van der Waals surface area (Å²) in [6, 6.07) is 5.21. The van der Waals surface area contributed by atoms with Crippen molar-refractivity contribution in [2.24, 2.45) is 10.7 Å². The molecule has 0 saturated heterocycles. The molecular weight excluding hydrogens is 397 g/mol. The standard InChI is InChI=1S/C15H23N3O3.HI/c1-10(2)8-17-15(16)18-9-14(19)11-5-12(20-3)7-13(6-11)21-4;/h5-7,14,19H,1,8-9H2,2-4H3,(H3,16,17,18);1H. The molecule has 0 radical (unpaired) electrons. The Hall–Kier alpha value is -1.48. The first-order valence-electron chi connectivity index (χ1n) is 6.55. The number of aliphatic hydroxyl groups excluding tert-OH is 1. The van der Waals surface area contributed by atoms with Crippen molar-refractivity contribution >= 4 is 29.9 Å². The first kappa shape index (κ1) is 20.5. The van der Waals surface area contributed by atoms with E-state index in [1.54, 1.807) is 32.4 Å². The van der Waals surface area contributed by atoms with Crippen LogP contribution in [0.3, 0.4) is 0 Å². The highest BCUT2D eigenvalue weighted by atomic mass is 127. The lowest BCUT2D eigenvalue weighted by Gasteiger charge is -2.13. The van der Waals surface area contributed by atoms with E-state index in [2.05, 4.69) is 16.9 Å². The summed E-state index contributed by atoms with van der Waals surface area (Å²) in [6.45, 7) is 6.34. The van der Waals surface area contributed by atoms with Gasteiger partial charge in [0.15, 0.2) is 5.96 Å². The SMILES string of the molecule is C=C(C)CNC(N)=NCC(O)c1cc(OC)cc(OC)c1.I. The molecule has 6 nitrogen and oxygen atoms in total. The molecule has 1 unspecified atom stereocenters. The topological polar surface area (TPSA) is 89.1 Å². The van der Waals surface area contributed by atoms with Crippen LogP contribution in [0.2, 0.25) is 0 Å². The van der Waals surface area contributed by atoms with Crippen LogP contribution in [0.25, 0.3) is 0 Å². The number of hydrogen-bond acceptors (Lipinski definition) is 4. The zero-order valence-electron chi connectivity index (χ0n) is 13.1. The van der Waals surface area contributed by atoms with Gasteiger partial charge < -0.3 is 25.6 Å². The summed E-state index contributed by atoms with van der Waals surface area (Å²) >= 11 is 0. The van der Waals surface area contributed by atoms with E-state index in [1.807, 2.05) is 6.92 Å². The second-order valence-electron chi connectivity index (χ2n) is 4.70. The molecule has 4 N–H and O–H groups in total. The Balaban J connectivity index is 0.00000441. The molecular formula is C15H24IN3O3. The summed E-state index contributed by atoms with van der Waals surface area (Å²) in [5, 5.41) is 13.1. The van der Waals surface area contributed by atoms with Gasteiger partial charge in [-0.3, -0.25) is 4.99 Å². The number of benzene rings is 1. The number of aliphatic imine (C=N–C) groups is 1. The van der Waals surface area contributed by atoms with Crippen molar-refractivity contribution in [2.75, 3.05) is 27.3 Å². The molecule has 1 aromatic rings. The maximum absolute atomic E-state index is 10.2. The molecule has 0 aliphatic carbocycles. The lowest BCUT2D eigenvalue weighted by Crippen LogP contribution is -2.33. The van der Waals surface area contributed by atoms with Gasteiger partial charge >= 0.3 is 0 Å². The fraction of sp³-hybridized carbons (Fsp3) is 0.400. The number of aliphatic hydroxyl groups is 1. The average molecular weight is 421 g/mol. The van der Waals surface area contributed by atoms with Crippen molar-refractivity contribution in [2.45, 2.75) is 13.0 Å². The summed E-state index contributed by atoms with van der Waals surface area (Å²) in [5.74, 6) is 1.49. The zero-order chi connectivity index (χ0) is 15.8. The number of rotatable bonds is 7. The maximum atomic E-state index is 10.2. The van der Waals surface area contributed by atoms with Crippen molar-refractivity contribution < 1.29 is 14.6 Å². The van der Waals surface area contributed by atoms with Crippen molar-refractivity contribution in [1.82, 2.24) is 5.32 Å². The summed E-state index contributed by atoms with van der Waals surface area (Å²) in [6.07, 6.45) is -0.792. The van der Waals surface area contributed by atoms with E-state index in [9.17, 15) is 5.11 Å². The van der Waals surface area contributed by atoms with Gasteiger partial charge in [0.2, 0.25) is 0 Å². The van der Waals surface area contributed by atoms with Crippen LogP contribution in [0.15, 0.2) is 35.3 Å². The van der Waals surface area contributed by atoms with Crippen LogP contribution in [-0.4, -0.2) is 38.4 Å². The molecule has 0 saturated carbocycles. The first-order valence-corrected chi connectivity index (χ1v) is 6.55. The second-order valence-corrected chi connectivity index (χ2v) is 4.70. The fourth-order valence-electron chi connectivity index (χ4n) is 1.61. The third-order valence-electron chi connectivity index (χ3n) is 2.76. The van der Waals surface area contributed by atoms with Crippen LogP contribution in [0, 0.1) is 0 Å². The molecule has 0 spiro atoms. The van der Waals surface area contributed by atoms with Crippen molar-refractivity contribution in [1.29, 1.82) is 0 Å². The number of nitrogens with one attached hydrogen (secondary N) is 1. The van der Waals surface area contributed by atoms with Gasteiger partial charge in [-0.05, 0) is 24.6 Å². The van der Waals surface area contributed by atoms with Gasteiger partial charge in [-0.25, -0.2) is 0 Å². The van der Waals surface area contributed by atoms with Gasteiger partial charge in [0, 0.05) is 12.6 Å². The Morgan fingerprint density at radius 3 is 2.32 bits per heavy atom. The quantitative estimate of drug-likeness (QED) is 0.271. The minimum Gasteiger partial charge on any atom is -0.497 e. The van der Waals surface area contributed by atoms with Crippen LogP contribution in [0.4, 0.5) is 0 Å². The van der Waals surface area contributed by atoms with Gasteiger partial charge in [-0.1, -0.05) is 12.2 Å². The van der Waals surface area contributed by atoms with Gasteiger partial charge in [-0.15, -0.1) is 24.0 Å². The number of halogens is 1. The maximum Gasteiger partial charge on any atom is 0.188 e. The molecule has 22 heavy (non-hydrogen) atoms. The lowest BCUT2D eigenvalue weighted by molar-refractivity contribution is 0.186.